The number of benzene rings is 2. The molecule has 0 aliphatic carbocycles. The smallest absolute Gasteiger partial charge is 0.263 e. The zero-order valence-corrected chi connectivity index (χ0v) is 14.5. The SMILES string of the molecule is CC[C@@H](Oc1ccccc1Cl)C(=O)N(C)Cc1ccc(C)cc1. The number of nitrogens with zero attached hydrogens (tertiary/aromatic N) is 1. The summed E-state index contributed by atoms with van der Waals surface area (Å²) in [6.45, 7) is 4.53. The average molecular weight is 332 g/mol. The Kier molecular flexibility index (Phi) is 6.05. The van der Waals surface area contributed by atoms with Gasteiger partial charge in [0.15, 0.2) is 6.10 Å². The Balaban J connectivity index is 2.03. The number of amides is 1. The summed E-state index contributed by atoms with van der Waals surface area (Å²) >= 11 is 6.10. The normalized spacial score (nSPS) is 11.8. The van der Waals surface area contributed by atoms with Crippen molar-refractivity contribution in [1.29, 1.82) is 0 Å². The summed E-state index contributed by atoms with van der Waals surface area (Å²) < 4.78 is 5.81. The number of carbonyl (C=O) groups is 1. The maximum Gasteiger partial charge on any atom is 0.263 e. The van der Waals surface area contributed by atoms with Crippen molar-refractivity contribution in [3.63, 3.8) is 0 Å². The molecule has 0 N–H and O–H groups in total. The number of para-hydroxylation sites is 1. The monoisotopic (exact) mass is 331 g/mol. The van der Waals surface area contributed by atoms with E-state index >= 15 is 0 Å². The summed E-state index contributed by atoms with van der Waals surface area (Å²) in [5.41, 5.74) is 2.30. The largest absolute Gasteiger partial charge is 0.479 e. The third kappa shape index (κ3) is 4.73. The molecular formula is C19H22ClNO2. The van der Waals surface area contributed by atoms with Crippen molar-refractivity contribution in [3.8, 4) is 5.75 Å². The van der Waals surface area contributed by atoms with Crippen LogP contribution >= 0.6 is 11.6 Å². The predicted molar refractivity (Wildman–Crippen MR) is 93.8 cm³/mol. The maximum absolute atomic E-state index is 12.6. The maximum atomic E-state index is 12.6. The molecule has 0 aliphatic heterocycles. The van der Waals surface area contributed by atoms with Crippen LogP contribution in [0.3, 0.4) is 0 Å². The Bertz CT molecular complexity index is 655. The zero-order chi connectivity index (χ0) is 16.8. The van der Waals surface area contributed by atoms with Gasteiger partial charge in [0.05, 0.1) is 5.02 Å². The summed E-state index contributed by atoms with van der Waals surface area (Å²) in [6.07, 6.45) is 0.0489. The molecule has 0 fully saturated rings. The van der Waals surface area contributed by atoms with E-state index in [2.05, 4.69) is 0 Å². The number of hydrogen-bond acceptors (Lipinski definition) is 2. The minimum atomic E-state index is -0.537. The molecule has 4 heteroatoms. The molecule has 0 unspecified atom stereocenters. The van der Waals surface area contributed by atoms with Crippen molar-refractivity contribution in [2.24, 2.45) is 0 Å². The fourth-order valence-electron chi connectivity index (χ4n) is 2.29. The van der Waals surface area contributed by atoms with Crippen LogP contribution in [0.1, 0.15) is 24.5 Å². The minimum absolute atomic E-state index is 0.0482. The zero-order valence-electron chi connectivity index (χ0n) is 13.8. The first kappa shape index (κ1) is 17.4. The van der Waals surface area contributed by atoms with Crippen LogP contribution in [0.5, 0.6) is 5.75 Å². The van der Waals surface area contributed by atoms with Crippen LogP contribution in [0.15, 0.2) is 48.5 Å². The van der Waals surface area contributed by atoms with E-state index < -0.39 is 6.10 Å². The van der Waals surface area contributed by atoms with Crippen LogP contribution in [0.4, 0.5) is 0 Å². The highest BCUT2D eigenvalue weighted by Crippen LogP contribution is 2.25. The molecule has 2 rings (SSSR count). The summed E-state index contributed by atoms with van der Waals surface area (Å²) in [5.74, 6) is 0.492. The van der Waals surface area contributed by atoms with Gasteiger partial charge in [-0.15, -0.1) is 0 Å². The van der Waals surface area contributed by atoms with Gasteiger partial charge in [0.25, 0.3) is 5.91 Å². The van der Waals surface area contributed by atoms with Gasteiger partial charge < -0.3 is 9.64 Å². The number of likely N-dealkylation sites (N-methyl/N-ethyl adjacent to an activating group) is 1. The fourth-order valence-corrected chi connectivity index (χ4v) is 2.47. The third-order valence-corrected chi connectivity index (χ3v) is 3.98. The molecule has 3 nitrogen and oxygen atoms in total. The van der Waals surface area contributed by atoms with Gasteiger partial charge in [0.2, 0.25) is 0 Å². The number of hydrogen-bond donors (Lipinski definition) is 0. The standard InChI is InChI=1S/C19H22ClNO2/c1-4-17(23-18-8-6-5-7-16(18)20)19(22)21(3)13-15-11-9-14(2)10-12-15/h5-12,17H,4,13H2,1-3H3/t17-/m1/s1. The Morgan fingerprint density at radius 3 is 2.43 bits per heavy atom. The molecule has 0 saturated carbocycles. The lowest BCUT2D eigenvalue weighted by atomic mass is 10.1. The summed E-state index contributed by atoms with van der Waals surface area (Å²) in [7, 11) is 1.79. The fraction of sp³-hybridized carbons (Fsp3) is 0.316. The molecule has 0 heterocycles. The molecule has 1 amide bonds. The number of ether oxygens (including phenoxy) is 1. The Hall–Kier alpha value is -2.00. The van der Waals surface area contributed by atoms with Crippen LogP contribution < -0.4 is 4.74 Å². The van der Waals surface area contributed by atoms with Crippen molar-refractivity contribution in [2.45, 2.75) is 32.9 Å². The summed E-state index contributed by atoms with van der Waals surface area (Å²) in [5, 5.41) is 0.514. The van der Waals surface area contributed by atoms with E-state index in [0.717, 1.165) is 5.56 Å². The van der Waals surface area contributed by atoms with Crippen LogP contribution in [0, 0.1) is 6.92 Å². The van der Waals surface area contributed by atoms with E-state index in [4.69, 9.17) is 16.3 Å². The van der Waals surface area contributed by atoms with E-state index in [1.165, 1.54) is 5.56 Å². The number of halogens is 1. The van der Waals surface area contributed by atoms with Crippen LogP contribution in [0.2, 0.25) is 5.02 Å². The Morgan fingerprint density at radius 1 is 1.17 bits per heavy atom. The highest BCUT2D eigenvalue weighted by atomic mass is 35.5. The molecule has 0 saturated heterocycles. The van der Waals surface area contributed by atoms with Gasteiger partial charge in [-0.2, -0.15) is 0 Å². The highest BCUT2D eigenvalue weighted by molar-refractivity contribution is 6.32. The van der Waals surface area contributed by atoms with E-state index in [0.29, 0.717) is 23.7 Å². The summed E-state index contributed by atoms with van der Waals surface area (Å²) in [6, 6.07) is 15.4. The molecule has 122 valence electrons. The molecular weight excluding hydrogens is 310 g/mol. The number of rotatable bonds is 6. The number of aryl methyl sites for hydroxylation is 1. The van der Waals surface area contributed by atoms with E-state index in [1.807, 2.05) is 50.2 Å². The van der Waals surface area contributed by atoms with Crippen molar-refractivity contribution >= 4 is 17.5 Å². The first-order valence-corrected chi connectivity index (χ1v) is 8.10. The van der Waals surface area contributed by atoms with Gasteiger partial charge in [0, 0.05) is 13.6 Å². The lowest BCUT2D eigenvalue weighted by molar-refractivity contribution is -0.138. The quantitative estimate of drug-likeness (QED) is 0.782. The van der Waals surface area contributed by atoms with Crippen LogP contribution in [-0.4, -0.2) is 24.0 Å². The minimum Gasteiger partial charge on any atom is -0.479 e. The molecule has 0 spiro atoms. The Labute approximate surface area is 142 Å². The highest BCUT2D eigenvalue weighted by Gasteiger charge is 2.23. The molecule has 0 radical (unpaired) electrons. The van der Waals surface area contributed by atoms with Gasteiger partial charge in [-0.3, -0.25) is 4.79 Å². The molecule has 0 aromatic heterocycles. The van der Waals surface area contributed by atoms with Crippen molar-refractivity contribution in [3.05, 3.63) is 64.7 Å². The topological polar surface area (TPSA) is 29.5 Å². The first-order chi connectivity index (χ1) is 11.0. The lowest BCUT2D eigenvalue weighted by Gasteiger charge is -2.24. The van der Waals surface area contributed by atoms with E-state index in [1.54, 1.807) is 24.1 Å². The number of carbonyl (C=O) groups excluding carboxylic acids is 1. The van der Waals surface area contributed by atoms with Gasteiger partial charge >= 0.3 is 0 Å². The lowest BCUT2D eigenvalue weighted by Crippen LogP contribution is -2.39. The predicted octanol–water partition coefficient (Wildman–Crippen LogP) is 4.46. The van der Waals surface area contributed by atoms with E-state index in [-0.39, 0.29) is 5.91 Å². The van der Waals surface area contributed by atoms with Crippen molar-refractivity contribution < 1.29 is 9.53 Å². The van der Waals surface area contributed by atoms with Gasteiger partial charge in [0.1, 0.15) is 5.75 Å². The Morgan fingerprint density at radius 2 is 1.83 bits per heavy atom. The van der Waals surface area contributed by atoms with Gasteiger partial charge in [-0.05, 0) is 31.0 Å². The molecule has 1 atom stereocenters. The van der Waals surface area contributed by atoms with Gasteiger partial charge in [-0.1, -0.05) is 60.5 Å². The molecule has 2 aromatic carbocycles. The van der Waals surface area contributed by atoms with Crippen LogP contribution in [0.25, 0.3) is 0 Å². The van der Waals surface area contributed by atoms with Crippen molar-refractivity contribution in [1.82, 2.24) is 4.90 Å². The summed E-state index contributed by atoms with van der Waals surface area (Å²) in [4.78, 5) is 14.3. The second kappa shape index (κ2) is 8.02. The second-order valence-corrected chi connectivity index (χ2v) is 6.03. The molecule has 2 aromatic rings. The average Bonchev–Trinajstić information content (AvgIpc) is 2.55. The molecule has 23 heavy (non-hydrogen) atoms. The van der Waals surface area contributed by atoms with Gasteiger partial charge in [-0.25, -0.2) is 0 Å². The van der Waals surface area contributed by atoms with Crippen LogP contribution in [-0.2, 0) is 11.3 Å². The molecule has 0 bridgehead atoms. The first-order valence-electron chi connectivity index (χ1n) is 7.73. The molecule has 0 aliphatic rings. The van der Waals surface area contributed by atoms with Crippen molar-refractivity contribution in [2.75, 3.05) is 7.05 Å². The van der Waals surface area contributed by atoms with E-state index in [9.17, 15) is 4.79 Å². The third-order valence-electron chi connectivity index (χ3n) is 3.67. The second-order valence-electron chi connectivity index (χ2n) is 5.63.